The van der Waals surface area contributed by atoms with Crippen molar-refractivity contribution in [1.82, 2.24) is 0 Å². The van der Waals surface area contributed by atoms with Crippen molar-refractivity contribution in [3.8, 4) is 0 Å². The van der Waals surface area contributed by atoms with E-state index < -0.39 is 48.3 Å². The van der Waals surface area contributed by atoms with Crippen LogP contribution in [0.5, 0.6) is 0 Å². The van der Waals surface area contributed by atoms with Crippen LogP contribution in [0.1, 0.15) is 0 Å². The first-order chi connectivity index (χ1) is 12.9. The lowest BCUT2D eigenvalue weighted by atomic mass is 9.99. The normalized spacial score (nSPS) is 23.9. The maximum atomic E-state index is 11.7. The highest BCUT2D eigenvalue weighted by atomic mass is 16.7. The van der Waals surface area contributed by atoms with Gasteiger partial charge in [-0.25, -0.2) is 19.2 Å². The van der Waals surface area contributed by atoms with Gasteiger partial charge >= 0.3 is 23.9 Å². The third-order valence-corrected chi connectivity index (χ3v) is 3.36. The van der Waals surface area contributed by atoms with Crippen molar-refractivity contribution in [2.75, 3.05) is 13.2 Å². The Balaban J connectivity index is 3.12. The molecule has 0 saturated carbocycles. The van der Waals surface area contributed by atoms with Crippen molar-refractivity contribution in [1.29, 1.82) is 0 Å². The first-order valence-corrected chi connectivity index (χ1v) is 7.76. The second-order valence-electron chi connectivity index (χ2n) is 5.10. The summed E-state index contributed by atoms with van der Waals surface area (Å²) < 4.78 is 25.9. The molecule has 1 saturated heterocycles. The highest BCUT2D eigenvalue weighted by Crippen LogP contribution is 2.25. The molecule has 1 heterocycles. The van der Waals surface area contributed by atoms with Gasteiger partial charge in [0.2, 0.25) is 0 Å². The average molecular weight is 380 g/mol. The van der Waals surface area contributed by atoms with Crippen LogP contribution in [0.2, 0.25) is 0 Å². The lowest BCUT2D eigenvalue weighted by Crippen LogP contribution is -2.58. The van der Waals surface area contributed by atoms with Crippen molar-refractivity contribution in [3.05, 3.63) is 50.6 Å². The Morgan fingerprint density at radius 2 is 1.26 bits per heavy atom. The highest BCUT2D eigenvalue weighted by Gasteiger charge is 2.47. The summed E-state index contributed by atoms with van der Waals surface area (Å²) in [6.45, 7) is 12.6. The third kappa shape index (κ3) is 6.55. The van der Waals surface area contributed by atoms with Crippen molar-refractivity contribution < 1.29 is 42.9 Å². The number of ether oxygens (including phenoxy) is 5. The lowest BCUT2D eigenvalue weighted by molar-refractivity contribution is -0.228. The van der Waals surface area contributed by atoms with E-state index in [9.17, 15) is 19.2 Å². The van der Waals surface area contributed by atoms with Crippen LogP contribution in [0.4, 0.5) is 0 Å². The van der Waals surface area contributed by atoms with Gasteiger partial charge in [0.25, 0.3) is 0 Å². The van der Waals surface area contributed by atoms with E-state index >= 15 is 0 Å². The van der Waals surface area contributed by atoms with Crippen LogP contribution >= 0.6 is 0 Å². The Hall–Kier alpha value is -3.20. The average Bonchev–Trinajstić information content (AvgIpc) is 2.68. The zero-order valence-electron chi connectivity index (χ0n) is 14.5. The molecule has 0 amide bonds. The fraction of sp³-hybridized carbons (Fsp3) is 0.333. The number of hydrogen-bond acceptors (Lipinski definition) is 9. The van der Waals surface area contributed by atoms with E-state index in [1.807, 2.05) is 0 Å². The molecule has 0 aromatic rings. The van der Waals surface area contributed by atoms with E-state index in [1.54, 1.807) is 0 Å². The second kappa shape index (κ2) is 10.7. The number of carbonyl (C=O) groups is 4. The van der Waals surface area contributed by atoms with Gasteiger partial charge in [0, 0.05) is 24.3 Å². The fourth-order valence-electron chi connectivity index (χ4n) is 2.15. The Bertz CT molecular complexity index is 637. The molecular weight excluding hydrogens is 360 g/mol. The van der Waals surface area contributed by atoms with Crippen LogP contribution < -0.4 is 0 Å². The summed E-state index contributed by atoms with van der Waals surface area (Å²) in [6, 6.07) is 0. The van der Waals surface area contributed by atoms with Crippen LogP contribution in [0.3, 0.4) is 0 Å². The maximum absolute atomic E-state index is 11.7. The van der Waals surface area contributed by atoms with E-state index in [2.05, 4.69) is 26.3 Å². The molecule has 0 aromatic heterocycles. The smallest absolute Gasteiger partial charge is 0.330 e. The molecule has 27 heavy (non-hydrogen) atoms. The van der Waals surface area contributed by atoms with E-state index in [4.69, 9.17) is 23.7 Å². The molecular formula is C18H20O9. The second-order valence-corrected chi connectivity index (χ2v) is 5.10. The summed E-state index contributed by atoms with van der Waals surface area (Å²) in [5.74, 6) is -3.22. The molecule has 9 heteroatoms. The van der Waals surface area contributed by atoms with Crippen LogP contribution in [-0.2, 0) is 42.9 Å². The molecule has 146 valence electrons. The van der Waals surface area contributed by atoms with E-state index in [-0.39, 0.29) is 13.2 Å². The lowest BCUT2D eigenvalue weighted by Gasteiger charge is -2.40. The first-order valence-electron chi connectivity index (χ1n) is 7.76. The van der Waals surface area contributed by atoms with Crippen molar-refractivity contribution >= 4 is 23.9 Å². The maximum Gasteiger partial charge on any atom is 0.330 e. The summed E-state index contributed by atoms with van der Waals surface area (Å²) >= 11 is 0. The molecule has 0 radical (unpaired) electrons. The number of esters is 4. The standard InChI is InChI=1S/C18H20O9/c1-5-13(19)24-9-11-17(26-15(21)7-3)18(27-16(22)8-4)12(10-23-11)25-14(20)6-2/h5-8,11-12,17-18H,1-4,9-10H2. The Labute approximate surface area is 155 Å². The molecule has 0 bridgehead atoms. The molecule has 1 aliphatic heterocycles. The summed E-state index contributed by atoms with van der Waals surface area (Å²) in [5.41, 5.74) is 0. The van der Waals surface area contributed by atoms with Gasteiger partial charge in [-0.15, -0.1) is 0 Å². The molecule has 1 aliphatic rings. The quantitative estimate of drug-likeness (QED) is 0.319. The van der Waals surface area contributed by atoms with Gasteiger partial charge in [0.1, 0.15) is 12.7 Å². The zero-order valence-corrected chi connectivity index (χ0v) is 14.5. The van der Waals surface area contributed by atoms with Crippen LogP contribution in [0.15, 0.2) is 50.6 Å². The predicted octanol–water partition coefficient (Wildman–Crippen LogP) is 0.408. The SMILES string of the molecule is C=CC(=O)OCC1OCC(OC(=O)C=C)C(OC(=O)C=C)C1OC(=O)C=C. The number of rotatable bonds is 9. The minimum atomic E-state index is -1.26. The summed E-state index contributed by atoms with van der Waals surface area (Å²) in [6.07, 6.45) is -0.975. The molecule has 9 nitrogen and oxygen atoms in total. The zero-order chi connectivity index (χ0) is 20.4. The van der Waals surface area contributed by atoms with Gasteiger partial charge in [-0.3, -0.25) is 0 Å². The molecule has 0 aromatic carbocycles. The molecule has 1 rings (SSSR count). The van der Waals surface area contributed by atoms with E-state index in [1.165, 1.54) is 0 Å². The topological polar surface area (TPSA) is 114 Å². The Morgan fingerprint density at radius 1 is 0.778 bits per heavy atom. The van der Waals surface area contributed by atoms with E-state index in [0.29, 0.717) is 0 Å². The first kappa shape index (κ1) is 21.8. The molecule has 4 unspecified atom stereocenters. The molecule has 0 aliphatic carbocycles. The third-order valence-electron chi connectivity index (χ3n) is 3.36. The van der Waals surface area contributed by atoms with Gasteiger partial charge in [-0.05, 0) is 0 Å². The largest absolute Gasteiger partial charge is 0.460 e. The predicted molar refractivity (Wildman–Crippen MR) is 91.1 cm³/mol. The van der Waals surface area contributed by atoms with E-state index in [0.717, 1.165) is 24.3 Å². The monoisotopic (exact) mass is 380 g/mol. The molecule has 1 fully saturated rings. The van der Waals surface area contributed by atoms with Crippen molar-refractivity contribution in [2.24, 2.45) is 0 Å². The summed E-state index contributed by atoms with van der Waals surface area (Å²) in [5, 5.41) is 0. The molecule has 4 atom stereocenters. The molecule has 0 spiro atoms. The van der Waals surface area contributed by atoms with Crippen LogP contribution in [0.25, 0.3) is 0 Å². The minimum absolute atomic E-state index is 0.215. The van der Waals surface area contributed by atoms with Gasteiger partial charge < -0.3 is 23.7 Å². The molecule has 0 N–H and O–H groups in total. The van der Waals surface area contributed by atoms with Gasteiger partial charge in [-0.2, -0.15) is 0 Å². The summed E-state index contributed by atoms with van der Waals surface area (Å²) in [4.78, 5) is 46.2. The van der Waals surface area contributed by atoms with Gasteiger partial charge in [0.05, 0.1) is 6.61 Å². The fourth-order valence-corrected chi connectivity index (χ4v) is 2.15. The number of carbonyl (C=O) groups excluding carboxylic acids is 4. The van der Waals surface area contributed by atoms with Crippen molar-refractivity contribution in [3.63, 3.8) is 0 Å². The minimum Gasteiger partial charge on any atom is -0.460 e. The Kier molecular flexibility index (Phi) is 8.67. The van der Waals surface area contributed by atoms with Gasteiger partial charge in [-0.1, -0.05) is 26.3 Å². The van der Waals surface area contributed by atoms with Crippen LogP contribution in [0, 0.1) is 0 Å². The Morgan fingerprint density at radius 3 is 1.78 bits per heavy atom. The van der Waals surface area contributed by atoms with Crippen molar-refractivity contribution in [2.45, 2.75) is 24.4 Å². The highest BCUT2D eigenvalue weighted by molar-refractivity contribution is 5.83. The van der Waals surface area contributed by atoms with Gasteiger partial charge in [0.15, 0.2) is 18.3 Å². The number of hydrogen-bond donors (Lipinski definition) is 0. The summed E-state index contributed by atoms with van der Waals surface area (Å²) in [7, 11) is 0. The van der Waals surface area contributed by atoms with Crippen LogP contribution in [-0.4, -0.2) is 61.5 Å².